The molecule has 1 saturated heterocycles. The van der Waals surface area contributed by atoms with E-state index in [1.54, 1.807) is 0 Å². The van der Waals surface area contributed by atoms with Crippen molar-refractivity contribution < 1.29 is 14.0 Å². The summed E-state index contributed by atoms with van der Waals surface area (Å²) in [6, 6.07) is 8.09. The molecule has 1 saturated carbocycles. The van der Waals surface area contributed by atoms with Crippen molar-refractivity contribution >= 4 is 29.7 Å². The predicted molar refractivity (Wildman–Crippen MR) is 126 cm³/mol. The first-order valence-corrected chi connectivity index (χ1v) is 12.0. The zero-order valence-corrected chi connectivity index (χ0v) is 19.0. The van der Waals surface area contributed by atoms with Gasteiger partial charge in [-0.3, -0.25) is 14.6 Å². The molecule has 1 unspecified atom stereocenters. The number of furan rings is 1. The van der Waals surface area contributed by atoms with Gasteiger partial charge in [0.15, 0.2) is 11.5 Å². The van der Waals surface area contributed by atoms with Crippen LogP contribution < -0.4 is 16.0 Å². The summed E-state index contributed by atoms with van der Waals surface area (Å²) >= 11 is 0. The summed E-state index contributed by atoms with van der Waals surface area (Å²) in [5.41, 5.74) is 5.05. The number of hydrogen-bond donors (Lipinski definition) is 1. The standard InChI is InChI=1S/C27H29N3O3/c1-17-2-4-21-19(12-17)15-29-25(21)26(32)30-10-7-27(8-11-30)14-20(27)3-5-22(31)23-13-18-6-9-28-16-24(18)33-23/h2,4,6,12-13,16,20,28H,3,5,7-11,14-15H2,1H3. The fraction of sp³-hybridized carbons (Fsp3) is 0.444. The molecule has 33 heavy (non-hydrogen) atoms. The van der Waals surface area contributed by atoms with Gasteiger partial charge in [-0.15, -0.1) is 0 Å². The fourth-order valence-corrected chi connectivity index (χ4v) is 5.85. The third-order valence-electron chi connectivity index (χ3n) is 7.99. The number of Topliss-reactive ketones (excluding diaryl/α,β-unsaturated/α-hetero) is 1. The molecule has 1 aromatic heterocycles. The van der Waals surface area contributed by atoms with E-state index in [9.17, 15) is 9.59 Å². The van der Waals surface area contributed by atoms with Gasteiger partial charge in [0.1, 0.15) is 11.1 Å². The number of nitrogens with zero attached hydrogens (tertiary/aromatic N) is 2. The minimum atomic E-state index is 0.0738. The Morgan fingerprint density at radius 2 is 2.09 bits per heavy atom. The molecule has 2 aromatic rings. The molecule has 1 N–H and O–H groups in total. The van der Waals surface area contributed by atoms with Crippen molar-refractivity contribution in [1.29, 1.82) is 0 Å². The Morgan fingerprint density at radius 3 is 2.91 bits per heavy atom. The number of carbonyl (C=O) groups excluding carboxylic acids is 2. The largest absolute Gasteiger partial charge is 0.451 e. The number of aliphatic imine (C=N–C) groups is 1. The molecule has 0 bridgehead atoms. The minimum absolute atomic E-state index is 0.0738. The van der Waals surface area contributed by atoms with Crippen molar-refractivity contribution in [2.24, 2.45) is 16.3 Å². The average Bonchev–Trinajstić information content (AvgIpc) is 3.15. The van der Waals surface area contributed by atoms with E-state index in [1.165, 1.54) is 12.0 Å². The van der Waals surface area contributed by atoms with Gasteiger partial charge in [0.05, 0.1) is 6.54 Å². The second-order valence-corrected chi connectivity index (χ2v) is 10.0. The van der Waals surface area contributed by atoms with Gasteiger partial charge in [0.2, 0.25) is 0 Å². The fourth-order valence-electron chi connectivity index (χ4n) is 5.85. The topological polar surface area (TPSA) is 74.9 Å². The molecule has 1 aromatic carbocycles. The van der Waals surface area contributed by atoms with Gasteiger partial charge in [-0.05, 0) is 55.6 Å². The SMILES string of the molecule is Cc1ccc2c(c1)CN=C2C(=O)N1CCC2(CC1)CC2CCC(=O)c1cc2c(o1)=CNCC=2. The van der Waals surface area contributed by atoms with Crippen LogP contribution in [0.5, 0.6) is 0 Å². The number of likely N-dealkylation sites (tertiary alicyclic amines) is 1. The molecule has 6 heteroatoms. The minimum Gasteiger partial charge on any atom is -0.451 e. The monoisotopic (exact) mass is 443 g/mol. The summed E-state index contributed by atoms with van der Waals surface area (Å²) in [5, 5.41) is 4.11. The summed E-state index contributed by atoms with van der Waals surface area (Å²) in [4.78, 5) is 32.4. The highest BCUT2D eigenvalue weighted by molar-refractivity contribution is 6.46. The van der Waals surface area contributed by atoms with E-state index in [2.05, 4.69) is 29.4 Å². The third kappa shape index (κ3) is 3.62. The second kappa shape index (κ2) is 7.72. The normalized spacial score (nSPS) is 21.9. The zero-order chi connectivity index (χ0) is 22.6. The molecular formula is C27H29N3O3. The van der Waals surface area contributed by atoms with Crippen molar-refractivity contribution in [3.8, 4) is 0 Å². The maximum absolute atomic E-state index is 13.1. The van der Waals surface area contributed by atoms with Gasteiger partial charge >= 0.3 is 0 Å². The first kappa shape index (κ1) is 20.5. The number of fused-ring (bicyclic) bond motifs is 2. The summed E-state index contributed by atoms with van der Waals surface area (Å²) in [7, 11) is 0. The van der Waals surface area contributed by atoms with E-state index < -0.39 is 0 Å². The predicted octanol–water partition coefficient (Wildman–Crippen LogP) is 2.30. The molecule has 4 aliphatic rings. The van der Waals surface area contributed by atoms with Crippen LogP contribution in [0.4, 0.5) is 0 Å². The van der Waals surface area contributed by atoms with Crippen molar-refractivity contribution in [2.75, 3.05) is 19.6 Å². The highest BCUT2D eigenvalue weighted by Gasteiger charge is 2.54. The van der Waals surface area contributed by atoms with Gasteiger partial charge < -0.3 is 14.6 Å². The molecule has 1 amide bonds. The Bertz CT molecular complexity index is 1260. The quantitative estimate of drug-likeness (QED) is 0.720. The Kier molecular flexibility index (Phi) is 4.78. The third-order valence-corrected chi connectivity index (χ3v) is 7.99. The molecule has 1 spiro atoms. The summed E-state index contributed by atoms with van der Waals surface area (Å²) < 4.78 is 5.72. The van der Waals surface area contributed by atoms with E-state index in [0.29, 0.717) is 35.8 Å². The Morgan fingerprint density at radius 1 is 1.24 bits per heavy atom. The van der Waals surface area contributed by atoms with E-state index in [4.69, 9.17) is 4.42 Å². The van der Waals surface area contributed by atoms with E-state index in [-0.39, 0.29) is 11.7 Å². The summed E-state index contributed by atoms with van der Waals surface area (Å²) in [5.74, 6) is 1.22. The number of piperidine rings is 1. The molecule has 170 valence electrons. The lowest BCUT2D eigenvalue weighted by atomic mass is 9.89. The molecule has 4 heterocycles. The van der Waals surface area contributed by atoms with Gasteiger partial charge in [-0.2, -0.15) is 0 Å². The molecule has 3 aliphatic heterocycles. The lowest BCUT2D eigenvalue weighted by molar-refractivity contribution is -0.125. The first-order chi connectivity index (χ1) is 16.0. The van der Waals surface area contributed by atoms with Crippen LogP contribution in [0.1, 0.15) is 59.3 Å². The van der Waals surface area contributed by atoms with Crippen LogP contribution >= 0.6 is 0 Å². The van der Waals surface area contributed by atoms with E-state index in [1.807, 2.05) is 29.3 Å². The molecular weight excluding hydrogens is 414 g/mol. The summed E-state index contributed by atoms with van der Waals surface area (Å²) in [6.07, 6.45) is 8.52. The van der Waals surface area contributed by atoms with Crippen LogP contribution in [0.3, 0.4) is 0 Å². The summed E-state index contributed by atoms with van der Waals surface area (Å²) in [6.45, 7) is 5.02. The Balaban J connectivity index is 1.03. The average molecular weight is 444 g/mol. The number of nitrogens with one attached hydrogen (secondary N) is 1. The lowest BCUT2D eigenvalue weighted by Crippen LogP contribution is -2.43. The van der Waals surface area contributed by atoms with Crippen LogP contribution in [0.25, 0.3) is 12.3 Å². The van der Waals surface area contributed by atoms with Crippen LogP contribution in [-0.4, -0.2) is 41.9 Å². The molecule has 1 atom stereocenters. The van der Waals surface area contributed by atoms with Crippen molar-refractivity contribution in [3.05, 3.63) is 57.4 Å². The maximum atomic E-state index is 13.1. The van der Waals surface area contributed by atoms with Gasteiger partial charge in [-0.25, -0.2) is 0 Å². The van der Waals surface area contributed by atoms with E-state index >= 15 is 0 Å². The van der Waals surface area contributed by atoms with Crippen LogP contribution in [-0.2, 0) is 11.3 Å². The Labute approximate surface area is 193 Å². The van der Waals surface area contributed by atoms with Crippen LogP contribution in [0.2, 0.25) is 0 Å². The first-order valence-electron chi connectivity index (χ1n) is 12.0. The Hall–Kier alpha value is -3.15. The van der Waals surface area contributed by atoms with Crippen LogP contribution in [0.15, 0.2) is 33.7 Å². The number of aryl methyl sites for hydroxylation is 1. The van der Waals surface area contributed by atoms with Gasteiger partial charge in [0.25, 0.3) is 5.91 Å². The molecule has 0 radical (unpaired) electrons. The smallest absolute Gasteiger partial charge is 0.272 e. The van der Waals surface area contributed by atoms with Crippen molar-refractivity contribution in [3.63, 3.8) is 0 Å². The molecule has 6 rings (SSSR count). The number of benzene rings is 1. The highest BCUT2D eigenvalue weighted by atomic mass is 16.3. The maximum Gasteiger partial charge on any atom is 0.272 e. The molecule has 6 nitrogen and oxygen atoms in total. The van der Waals surface area contributed by atoms with Crippen molar-refractivity contribution in [2.45, 2.75) is 45.6 Å². The number of hydrogen-bond acceptors (Lipinski definition) is 5. The van der Waals surface area contributed by atoms with Crippen LogP contribution in [0, 0.1) is 18.3 Å². The number of ketones is 1. The number of rotatable bonds is 5. The lowest BCUT2D eigenvalue weighted by Gasteiger charge is -2.33. The van der Waals surface area contributed by atoms with Gasteiger partial charge in [0, 0.05) is 43.0 Å². The number of amides is 1. The van der Waals surface area contributed by atoms with Gasteiger partial charge in [-0.1, -0.05) is 29.8 Å². The molecule has 1 aliphatic carbocycles. The molecule has 2 fully saturated rings. The number of carbonyl (C=O) groups is 2. The van der Waals surface area contributed by atoms with Crippen molar-refractivity contribution in [1.82, 2.24) is 10.2 Å². The zero-order valence-electron chi connectivity index (χ0n) is 19.0. The second-order valence-electron chi connectivity index (χ2n) is 10.0. The highest BCUT2D eigenvalue weighted by Crippen LogP contribution is 2.61. The van der Waals surface area contributed by atoms with E-state index in [0.717, 1.165) is 60.7 Å².